The zero-order valence-corrected chi connectivity index (χ0v) is 11.9. The molecule has 0 saturated heterocycles. The Labute approximate surface area is 110 Å². The maximum absolute atomic E-state index is 5.67. The van der Waals surface area contributed by atoms with Gasteiger partial charge in [0.25, 0.3) is 0 Å². The molecule has 0 aliphatic carbocycles. The van der Waals surface area contributed by atoms with E-state index in [-0.39, 0.29) is 11.5 Å². The molecule has 3 heteroatoms. The van der Waals surface area contributed by atoms with Gasteiger partial charge in [0.1, 0.15) is 18.5 Å². The van der Waals surface area contributed by atoms with E-state index in [2.05, 4.69) is 32.9 Å². The van der Waals surface area contributed by atoms with Crippen LogP contribution in [0.15, 0.2) is 24.3 Å². The summed E-state index contributed by atoms with van der Waals surface area (Å²) < 4.78 is 11.1. The van der Waals surface area contributed by atoms with E-state index < -0.39 is 0 Å². The summed E-state index contributed by atoms with van der Waals surface area (Å²) in [5.41, 5.74) is 7.07. The van der Waals surface area contributed by atoms with Crippen LogP contribution >= 0.6 is 0 Å². The molecule has 1 aromatic rings. The SMILES string of the molecule is CCOC(CN)COc1ccc(C(C)(C)C)cc1. The van der Waals surface area contributed by atoms with Crippen LogP contribution < -0.4 is 10.5 Å². The molecular weight excluding hydrogens is 226 g/mol. The first-order chi connectivity index (χ1) is 8.47. The first kappa shape index (κ1) is 15.0. The van der Waals surface area contributed by atoms with Gasteiger partial charge >= 0.3 is 0 Å². The lowest BCUT2D eigenvalue weighted by molar-refractivity contribution is 0.0337. The van der Waals surface area contributed by atoms with Crippen LogP contribution in [0, 0.1) is 0 Å². The summed E-state index contributed by atoms with van der Waals surface area (Å²) in [6.45, 7) is 10.2. The molecular formula is C15H25NO2. The fraction of sp³-hybridized carbons (Fsp3) is 0.600. The predicted molar refractivity (Wildman–Crippen MR) is 75.1 cm³/mol. The maximum Gasteiger partial charge on any atom is 0.119 e. The van der Waals surface area contributed by atoms with E-state index >= 15 is 0 Å². The molecule has 0 heterocycles. The molecule has 0 bridgehead atoms. The lowest BCUT2D eigenvalue weighted by atomic mass is 9.87. The molecule has 1 rings (SSSR count). The number of rotatable bonds is 6. The molecule has 0 aliphatic rings. The van der Waals surface area contributed by atoms with E-state index in [0.29, 0.717) is 19.8 Å². The molecule has 0 spiro atoms. The molecule has 2 N–H and O–H groups in total. The Morgan fingerprint density at radius 2 is 1.78 bits per heavy atom. The molecule has 0 aromatic heterocycles. The average Bonchev–Trinajstić information content (AvgIpc) is 2.34. The number of hydrogen-bond donors (Lipinski definition) is 1. The van der Waals surface area contributed by atoms with Crippen LogP contribution in [-0.4, -0.2) is 25.9 Å². The molecule has 1 unspecified atom stereocenters. The Hall–Kier alpha value is -1.06. The number of benzene rings is 1. The fourth-order valence-corrected chi connectivity index (χ4v) is 1.66. The van der Waals surface area contributed by atoms with Gasteiger partial charge in [-0.25, -0.2) is 0 Å². The van der Waals surface area contributed by atoms with Crippen molar-refractivity contribution in [3.63, 3.8) is 0 Å². The van der Waals surface area contributed by atoms with Gasteiger partial charge in [0, 0.05) is 13.2 Å². The lowest BCUT2D eigenvalue weighted by Gasteiger charge is -2.20. The van der Waals surface area contributed by atoms with Crippen molar-refractivity contribution in [1.82, 2.24) is 0 Å². The molecule has 0 amide bonds. The van der Waals surface area contributed by atoms with Crippen molar-refractivity contribution in [2.45, 2.75) is 39.2 Å². The van der Waals surface area contributed by atoms with E-state index in [1.165, 1.54) is 5.56 Å². The Bertz CT molecular complexity index is 341. The predicted octanol–water partition coefficient (Wildman–Crippen LogP) is 2.73. The fourth-order valence-electron chi connectivity index (χ4n) is 1.66. The average molecular weight is 251 g/mol. The Balaban J connectivity index is 2.53. The Morgan fingerprint density at radius 1 is 1.17 bits per heavy atom. The minimum absolute atomic E-state index is 0.0303. The highest BCUT2D eigenvalue weighted by Gasteiger charge is 2.13. The quantitative estimate of drug-likeness (QED) is 0.845. The third kappa shape index (κ3) is 4.67. The summed E-state index contributed by atoms with van der Waals surface area (Å²) in [6, 6.07) is 8.21. The number of nitrogens with two attached hydrogens (primary N) is 1. The molecule has 0 fully saturated rings. The number of hydrogen-bond acceptors (Lipinski definition) is 3. The molecule has 18 heavy (non-hydrogen) atoms. The van der Waals surface area contributed by atoms with Gasteiger partial charge in [0.05, 0.1) is 0 Å². The van der Waals surface area contributed by atoms with Crippen LogP contribution in [0.4, 0.5) is 0 Å². The summed E-state index contributed by atoms with van der Waals surface area (Å²) in [5, 5.41) is 0. The third-order valence-electron chi connectivity index (χ3n) is 2.82. The minimum atomic E-state index is -0.0303. The van der Waals surface area contributed by atoms with Crippen molar-refractivity contribution in [3.05, 3.63) is 29.8 Å². The second kappa shape index (κ2) is 6.76. The monoisotopic (exact) mass is 251 g/mol. The summed E-state index contributed by atoms with van der Waals surface area (Å²) in [6.07, 6.45) is -0.0303. The van der Waals surface area contributed by atoms with Crippen molar-refractivity contribution in [2.24, 2.45) is 5.73 Å². The summed E-state index contributed by atoms with van der Waals surface area (Å²) in [4.78, 5) is 0. The minimum Gasteiger partial charge on any atom is -0.491 e. The Morgan fingerprint density at radius 3 is 2.22 bits per heavy atom. The van der Waals surface area contributed by atoms with Crippen molar-refractivity contribution >= 4 is 0 Å². The second-order valence-electron chi connectivity index (χ2n) is 5.40. The maximum atomic E-state index is 5.67. The van der Waals surface area contributed by atoms with Gasteiger partial charge in [-0.1, -0.05) is 32.9 Å². The standard InChI is InChI=1S/C15H25NO2/c1-5-17-14(10-16)11-18-13-8-6-12(7-9-13)15(2,3)4/h6-9,14H,5,10-11,16H2,1-4H3. The summed E-state index contributed by atoms with van der Waals surface area (Å²) in [7, 11) is 0. The Kier molecular flexibility index (Phi) is 5.63. The van der Waals surface area contributed by atoms with Crippen molar-refractivity contribution in [2.75, 3.05) is 19.8 Å². The third-order valence-corrected chi connectivity index (χ3v) is 2.82. The van der Waals surface area contributed by atoms with Gasteiger partial charge in [-0.2, -0.15) is 0 Å². The van der Waals surface area contributed by atoms with Crippen LogP contribution in [0.3, 0.4) is 0 Å². The smallest absolute Gasteiger partial charge is 0.119 e. The largest absolute Gasteiger partial charge is 0.491 e. The molecule has 102 valence electrons. The topological polar surface area (TPSA) is 44.5 Å². The van der Waals surface area contributed by atoms with E-state index in [9.17, 15) is 0 Å². The van der Waals surface area contributed by atoms with E-state index in [0.717, 1.165) is 5.75 Å². The summed E-state index contributed by atoms with van der Waals surface area (Å²) >= 11 is 0. The van der Waals surface area contributed by atoms with Crippen LogP contribution in [0.2, 0.25) is 0 Å². The molecule has 3 nitrogen and oxygen atoms in total. The van der Waals surface area contributed by atoms with Crippen molar-refractivity contribution in [1.29, 1.82) is 0 Å². The van der Waals surface area contributed by atoms with Gasteiger partial charge in [0.15, 0.2) is 0 Å². The zero-order chi connectivity index (χ0) is 13.6. The van der Waals surface area contributed by atoms with Crippen LogP contribution in [0.1, 0.15) is 33.3 Å². The van der Waals surface area contributed by atoms with Crippen molar-refractivity contribution in [3.8, 4) is 5.75 Å². The number of ether oxygens (including phenoxy) is 2. The molecule has 0 aliphatic heterocycles. The van der Waals surface area contributed by atoms with E-state index in [1.54, 1.807) is 0 Å². The normalized spacial score (nSPS) is 13.4. The molecule has 1 aromatic carbocycles. The van der Waals surface area contributed by atoms with Gasteiger partial charge < -0.3 is 15.2 Å². The van der Waals surface area contributed by atoms with Crippen LogP contribution in [0.25, 0.3) is 0 Å². The molecule has 1 atom stereocenters. The van der Waals surface area contributed by atoms with E-state index in [4.69, 9.17) is 15.2 Å². The van der Waals surface area contributed by atoms with Gasteiger partial charge in [0.2, 0.25) is 0 Å². The summed E-state index contributed by atoms with van der Waals surface area (Å²) in [5.74, 6) is 0.862. The second-order valence-corrected chi connectivity index (χ2v) is 5.40. The lowest BCUT2D eigenvalue weighted by Crippen LogP contribution is -2.30. The molecule has 0 saturated carbocycles. The van der Waals surface area contributed by atoms with Gasteiger partial charge in [-0.15, -0.1) is 0 Å². The highest BCUT2D eigenvalue weighted by Crippen LogP contribution is 2.24. The zero-order valence-electron chi connectivity index (χ0n) is 11.9. The van der Waals surface area contributed by atoms with Crippen LogP contribution in [0.5, 0.6) is 5.75 Å². The first-order valence-corrected chi connectivity index (χ1v) is 6.52. The highest BCUT2D eigenvalue weighted by molar-refractivity contribution is 5.31. The van der Waals surface area contributed by atoms with Crippen LogP contribution in [-0.2, 0) is 10.2 Å². The van der Waals surface area contributed by atoms with Gasteiger partial charge in [-0.05, 0) is 30.0 Å². The first-order valence-electron chi connectivity index (χ1n) is 6.52. The molecule has 0 radical (unpaired) electrons. The van der Waals surface area contributed by atoms with E-state index in [1.807, 2.05) is 19.1 Å². The van der Waals surface area contributed by atoms with Gasteiger partial charge in [-0.3, -0.25) is 0 Å². The highest BCUT2D eigenvalue weighted by atomic mass is 16.5. The van der Waals surface area contributed by atoms with Crippen molar-refractivity contribution < 1.29 is 9.47 Å².